The quantitative estimate of drug-likeness (QED) is 0.874. The van der Waals surface area contributed by atoms with E-state index >= 15 is 0 Å². The molecule has 1 saturated heterocycles. The first-order valence-electron chi connectivity index (χ1n) is 7.06. The minimum absolute atomic E-state index is 0. The third-order valence-corrected chi connectivity index (χ3v) is 3.69. The predicted octanol–water partition coefficient (Wildman–Crippen LogP) is 1.99. The number of carbonyl (C=O) groups excluding carboxylic acids is 1. The van der Waals surface area contributed by atoms with E-state index in [0.29, 0.717) is 5.56 Å². The van der Waals surface area contributed by atoms with Crippen molar-refractivity contribution in [2.75, 3.05) is 19.7 Å². The Morgan fingerprint density at radius 3 is 2.60 bits per heavy atom. The van der Waals surface area contributed by atoms with Gasteiger partial charge in [-0.1, -0.05) is 0 Å². The summed E-state index contributed by atoms with van der Waals surface area (Å²) in [6.07, 6.45) is 3.58. The summed E-state index contributed by atoms with van der Waals surface area (Å²) < 4.78 is 5.66. The molecule has 1 heterocycles. The maximum absolute atomic E-state index is 12.0. The fourth-order valence-electron chi connectivity index (χ4n) is 2.25. The van der Waals surface area contributed by atoms with Crippen LogP contribution in [0.2, 0.25) is 0 Å². The third-order valence-electron chi connectivity index (χ3n) is 3.69. The molecule has 1 aromatic carbocycles. The van der Waals surface area contributed by atoms with Gasteiger partial charge >= 0.3 is 0 Å². The number of halogens is 1. The van der Waals surface area contributed by atoms with Crippen LogP contribution in [-0.4, -0.2) is 31.6 Å². The first-order valence-corrected chi connectivity index (χ1v) is 7.06. The van der Waals surface area contributed by atoms with Crippen LogP contribution in [0.1, 0.15) is 29.6 Å². The number of rotatable bonds is 5. The van der Waals surface area contributed by atoms with Crippen LogP contribution in [0.5, 0.6) is 5.75 Å². The molecule has 0 aromatic heterocycles. The lowest BCUT2D eigenvalue weighted by molar-refractivity contribution is 0.0940. The molecule has 2 N–H and O–H groups in total. The van der Waals surface area contributed by atoms with Crippen molar-refractivity contribution in [3.8, 4) is 5.75 Å². The molecule has 1 saturated carbocycles. The minimum atomic E-state index is 0. The second kappa shape index (κ2) is 6.95. The molecule has 0 spiro atoms. The van der Waals surface area contributed by atoms with E-state index in [9.17, 15) is 4.79 Å². The van der Waals surface area contributed by atoms with Gasteiger partial charge in [0.2, 0.25) is 0 Å². The Hall–Kier alpha value is -1.26. The Balaban J connectivity index is 0.00000147. The summed E-state index contributed by atoms with van der Waals surface area (Å²) in [5.74, 6) is 1.60. The Kier molecular flexibility index (Phi) is 5.26. The van der Waals surface area contributed by atoms with Crippen molar-refractivity contribution < 1.29 is 9.53 Å². The van der Waals surface area contributed by atoms with E-state index in [1.807, 2.05) is 24.3 Å². The standard InChI is InChI=1S/C15H20N2O2.ClH/c18-15(17-13-7-8-16-9-13)12-3-5-14(6-4-12)19-10-11-1-2-11;/h3-6,11,13,16H,1-2,7-10H2,(H,17,18);1H. The van der Waals surface area contributed by atoms with E-state index in [1.165, 1.54) is 12.8 Å². The molecule has 1 aliphatic heterocycles. The zero-order chi connectivity index (χ0) is 13.1. The summed E-state index contributed by atoms with van der Waals surface area (Å²) in [6.45, 7) is 2.66. The van der Waals surface area contributed by atoms with E-state index in [0.717, 1.165) is 37.8 Å². The summed E-state index contributed by atoms with van der Waals surface area (Å²) in [6, 6.07) is 7.69. The number of benzene rings is 1. The van der Waals surface area contributed by atoms with Gasteiger partial charge in [0.25, 0.3) is 5.91 Å². The highest BCUT2D eigenvalue weighted by atomic mass is 35.5. The van der Waals surface area contributed by atoms with Gasteiger partial charge in [0, 0.05) is 18.2 Å². The fourth-order valence-corrected chi connectivity index (χ4v) is 2.25. The number of hydrogen-bond donors (Lipinski definition) is 2. The van der Waals surface area contributed by atoms with Crippen LogP contribution in [0.25, 0.3) is 0 Å². The zero-order valence-electron chi connectivity index (χ0n) is 11.4. The first kappa shape index (κ1) is 15.1. The molecule has 1 unspecified atom stereocenters. The number of hydrogen-bond acceptors (Lipinski definition) is 3. The van der Waals surface area contributed by atoms with Gasteiger partial charge in [-0.3, -0.25) is 4.79 Å². The lowest BCUT2D eigenvalue weighted by atomic mass is 10.2. The van der Waals surface area contributed by atoms with Crippen molar-refractivity contribution in [3.05, 3.63) is 29.8 Å². The second-order valence-electron chi connectivity index (χ2n) is 5.44. The Labute approximate surface area is 125 Å². The number of nitrogens with one attached hydrogen (secondary N) is 2. The summed E-state index contributed by atoms with van der Waals surface area (Å²) in [7, 11) is 0. The van der Waals surface area contributed by atoms with Crippen LogP contribution >= 0.6 is 12.4 Å². The highest BCUT2D eigenvalue weighted by Crippen LogP contribution is 2.29. The van der Waals surface area contributed by atoms with Crippen molar-refractivity contribution in [1.29, 1.82) is 0 Å². The molecule has 4 nitrogen and oxygen atoms in total. The Morgan fingerprint density at radius 2 is 2.00 bits per heavy atom. The van der Waals surface area contributed by atoms with E-state index in [4.69, 9.17) is 4.74 Å². The third kappa shape index (κ3) is 4.12. The van der Waals surface area contributed by atoms with Gasteiger partial charge in [-0.25, -0.2) is 0 Å². The predicted molar refractivity (Wildman–Crippen MR) is 80.6 cm³/mol. The number of amides is 1. The Morgan fingerprint density at radius 1 is 1.25 bits per heavy atom. The number of carbonyl (C=O) groups is 1. The lowest BCUT2D eigenvalue weighted by Crippen LogP contribution is -2.36. The van der Waals surface area contributed by atoms with Crippen LogP contribution < -0.4 is 15.4 Å². The summed E-state index contributed by atoms with van der Waals surface area (Å²) in [5.41, 5.74) is 0.700. The maximum atomic E-state index is 12.0. The molecule has 110 valence electrons. The van der Waals surface area contributed by atoms with Gasteiger partial charge in [0.15, 0.2) is 0 Å². The first-order chi connectivity index (χ1) is 9.31. The van der Waals surface area contributed by atoms with Crippen LogP contribution in [0.4, 0.5) is 0 Å². The Bertz CT molecular complexity index is 440. The second-order valence-corrected chi connectivity index (χ2v) is 5.44. The monoisotopic (exact) mass is 296 g/mol. The summed E-state index contributed by atoms with van der Waals surface area (Å²) in [4.78, 5) is 12.0. The van der Waals surface area contributed by atoms with Crippen LogP contribution in [0, 0.1) is 5.92 Å². The molecule has 1 aliphatic carbocycles. The van der Waals surface area contributed by atoms with Gasteiger partial charge in [-0.15, -0.1) is 12.4 Å². The highest BCUT2D eigenvalue weighted by molar-refractivity contribution is 5.94. The largest absolute Gasteiger partial charge is 0.493 e. The molecule has 3 rings (SSSR count). The van der Waals surface area contributed by atoms with Crippen molar-refractivity contribution in [1.82, 2.24) is 10.6 Å². The summed E-state index contributed by atoms with van der Waals surface area (Å²) in [5, 5.41) is 6.27. The zero-order valence-corrected chi connectivity index (χ0v) is 12.2. The molecule has 1 atom stereocenters. The lowest BCUT2D eigenvalue weighted by Gasteiger charge is -2.11. The smallest absolute Gasteiger partial charge is 0.251 e. The van der Waals surface area contributed by atoms with E-state index in [2.05, 4.69) is 10.6 Å². The van der Waals surface area contributed by atoms with Crippen molar-refractivity contribution in [3.63, 3.8) is 0 Å². The van der Waals surface area contributed by atoms with Crippen molar-refractivity contribution in [2.45, 2.75) is 25.3 Å². The molecular weight excluding hydrogens is 276 g/mol. The molecule has 2 fully saturated rings. The normalized spacial score (nSPS) is 21.1. The fraction of sp³-hybridized carbons (Fsp3) is 0.533. The molecule has 1 aromatic rings. The maximum Gasteiger partial charge on any atom is 0.251 e. The van der Waals surface area contributed by atoms with Crippen LogP contribution in [-0.2, 0) is 0 Å². The van der Waals surface area contributed by atoms with E-state index in [1.54, 1.807) is 0 Å². The SMILES string of the molecule is Cl.O=C(NC1CCNC1)c1ccc(OCC2CC2)cc1. The molecule has 0 radical (unpaired) electrons. The molecule has 5 heteroatoms. The van der Waals surface area contributed by atoms with Crippen molar-refractivity contribution >= 4 is 18.3 Å². The van der Waals surface area contributed by atoms with Crippen LogP contribution in [0.15, 0.2) is 24.3 Å². The van der Waals surface area contributed by atoms with Gasteiger partial charge < -0.3 is 15.4 Å². The molecule has 0 bridgehead atoms. The minimum Gasteiger partial charge on any atom is -0.493 e. The van der Waals surface area contributed by atoms with Gasteiger partial charge in [0.05, 0.1) is 6.61 Å². The van der Waals surface area contributed by atoms with Gasteiger partial charge in [0.1, 0.15) is 5.75 Å². The molecule has 20 heavy (non-hydrogen) atoms. The molecule has 1 amide bonds. The van der Waals surface area contributed by atoms with E-state index < -0.39 is 0 Å². The average molecular weight is 297 g/mol. The topological polar surface area (TPSA) is 50.4 Å². The highest BCUT2D eigenvalue weighted by Gasteiger charge is 2.22. The van der Waals surface area contributed by atoms with Crippen molar-refractivity contribution in [2.24, 2.45) is 5.92 Å². The van der Waals surface area contributed by atoms with Gasteiger partial charge in [-0.05, 0) is 56.0 Å². The van der Waals surface area contributed by atoms with E-state index in [-0.39, 0.29) is 24.4 Å². The van der Waals surface area contributed by atoms with Gasteiger partial charge in [-0.2, -0.15) is 0 Å². The van der Waals surface area contributed by atoms with Crippen LogP contribution in [0.3, 0.4) is 0 Å². The average Bonchev–Trinajstić information content (AvgIpc) is 3.13. The molecule has 2 aliphatic rings. The summed E-state index contributed by atoms with van der Waals surface area (Å²) >= 11 is 0. The number of ether oxygens (including phenoxy) is 1. The molecular formula is C15H21ClN2O2.